The van der Waals surface area contributed by atoms with E-state index < -0.39 is 5.82 Å². The van der Waals surface area contributed by atoms with Gasteiger partial charge in [-0.2, -0.15) is 0 Å². The number of nitrogens with zero attached hydrogens (tertiary/aromatic N) is 2. The summed E-state index contributed by atoms with van der Waals surface area (Å²) in [6, 6.07) is 4.31. The third-order valence-corrected chi connectivity index (χ3v) is 3.26. The smallest absolute Gasteiger partial charge is 0.237 e. The summed E-state index contributed by atoms with van der Waals surface area (Å²) < 4.78 is 18.9. The lowest BCUT2D eigenvalue weighted by atomic mass is 10.0. The summed E-state index contributed by atoms with van der Waals surface area (Å²) in [6.07, 6.45) is 3.11. The maximum absolute atomic E-state index is 13.7. The number of methoxy groups -OCH3 is 1. The lowest BCUT2D eigenvalue weighted by Crippen LogP contribution is -2.24. The van der Waals surface area contributed by atoms with Crippen molar-refractivity contribution in [1.82, 2.24) is 15.3 Å². The van der Waals surface area contributed by atoms with Crippen LogP contribution in [0.1, 0.15) is 24.2 Å². The molecule has 106 valence electrons. The first-order chi connectivity index (χ1) is 9.69. The summed E-state index contributed by atoms with van der Waals surface area (Å²) in [4.78, 5) is 8.40. The molecule has 0 fully saturated rings. The number of nitrogens with one attached hydrogen (secondary N) is 1. The molecule has 1 atom stereocenters. The minimum Gasteiger partial charge on any atom is -0.480 e. The van der Waals surface area contributed by atoms with Crippen LogP contribution in [0.5, 0.6) is 5.88 Å². The molecule has 0 radical (unpaired) electrons. The molecule has 0 aliphatic carbocycles. The molecule has 1 unspecified atom stereocenters. The van der Waals surface area contributed by atoms with Crippen LogP contribution in [0, 0.1) is 5.82 Å². The lowest BCUT2D eigenvalue weighted by molar-refractivity contribution is 0.383. The van der Waals surface area contributed by atoms with E-state index in [-0.39, 0.29) is 11.1 Å². The minimum atomic E-state index is -0.463. The monoisotopic (exact) mass is 295 g/mol. The molecule has 20 heavy (non-hydrogen) atoms. The van der Waals surface area contributed by atoms with Crippen LogP contribution in [-0.4, -0.2) is 23.6 Å². The number of hydrogen-bond acceptors (Lipinski definition) is 4. The predicted molar refractivity (Wildman–Crippen MR) is 75.5 cm³/mol. The van der Waals surface area contributed by atoms with Crippen molar-refractivity contribution in [3.63, 3.8) is 0 Å². The van der Waals surface area contributed by atoms with E-state index in [9.17, 15) is 4.39 Å². The third kappa shape index (κ3) is 2.89. The molecule has 0 aliphatic heterocycles. The van der Waals surface area contributed by atoms with Crippen molar-refractivity contribution in [2.45, 2.75) is 13.0 Å². The van der Waals surface area contributed by atoms with Crippen molar-refractivity contribution in [3.05, 3.63) is 52.7 Å². The van der Waals surface area contributed by atoms with Gasteiger partial charge >= 0.3 is 0 Å². The van der Waals surface area contributed by atoms with Crippen LogP contribution < -0.4 is 10.1 Å². The highest BCUT2D eigenvalue weighted by Crippen LogP contribution is 2.32. The number of ether oxygens (including phenoxy) is 1. The fraction of sp³-hybridized carbons (Fsp3) is 0.286. The van der Waals surface area contributed by atoms with Crippen LogP contribution >= 0.6 is 11.6 Å². The van der Waals surface area contributed by atoms with Gasteiger partial charge in [-0.3, -0.25) is 4.98 Å². The van der Waals surface area contributed by atoms with Gasteiger partial charge in [0.1, 0.15) is 11.5 Å². The van der Waals surface area contributed by atoms with Gasteiger partial charge in [-0.1, -0.05) is 30.7 Å². The normalized spacial score (nSPS) is 12.2. The molecule has 2 aromatic rings. The molecule has 1 heterocycles. The lowest BCUT2D eigenvalue weighted by Gasteiger charge is -2.20. The van der Waals surface area contributed by atoms with Crippen molar-refractivity contribution in [2.24, 2.45) is 0 Å². The molecule has 0 spiro atoms. The Morgan fingerprint density at radius 2 is 2.10 bits per heavy atom. The Bertz CT molecular complexity index is 594. The minimum absolute atomic E-state index is 0.0751. The van der Waals surface area contributed by atoms with E-state index in [4.69, 9.17) is 16.3 Å². The average molecular weight is 296 g/mol. The fourth-order valence-corrected chi connectivity index (χ4v) is 2.23. The first-order valence-electron chi connectivity index (χ1n) is 6.21. The van der Waals surface area contributed by atoms with Gasteiger partial charge in [-0.05, 0) is 18.2 Å². The summed E-state index contributed by atoms with van der Waals surface area (Å²) in [5.41, 5.74) is 1.18. The molecule has 0 bridgehead atoms. The summed E-state index contributed by atoms with van der Waals surface area (Å²) in [5.74, 6) is -0.0753. The van der Waals surface area contributed by atoms with E-state index in [0.29, 0.717) is 23.7 Å². The zero-order valence-electron chi connectivity index (χ0n) is 11.2. The Morgan fingerprint density at radius 1 is 1.35 bits per heavy atom. The molecule has 0 saturated heterocycles. The average Bonchev–Trinajstić information content (AvgIpc) is 2.48. The number of benzene rings is 1. The Labute approximate surface area is 122 Å². The summed E-state index contributed by atoms with van der Waals surface area (Å²) in [6.45, 7) is 2.61. The van der Waals surface area contributed by atoms with Crippen LogP contribution in [0.15, 0.2) is 30.6 Å². The Kier molecular flexibility index (Phi) is 4.87. The number of halogens is 2. The molecule has 1 aromatic carbocycles. The van der Waals surface area contributed by atoms with Crippen LogP contribution in [0.25, 0.3) is 0 Å². The zero-order valence-corrected chi connectivity index (χ0v) is 12.0. The molecule has 0 amide bonds. The van der Waals surface area contributed by atoms with E-state index in [1.807, 2.05) is 6.92 Å². The summed E-state index contributed by atoms with van der Waals surface area (Å²) >= 11 is 6.07. The van der Waals surface area contributed by atoms with E-state index in [1.54, 1.807) is 24.5 Å². The first kappa shape index (κ1) is 14.7. The maximum atomic E-state index is 13.7. The third-order valence-electron chi connectivity index (χ3n) is 2.86. The second-order valence-corrected chi connectivity index (χ2v) is 4.46. The Morgan fingerprint density at radius 3 is 2.80 bits per heavy atom. The molecule has 0 aliphatic rings. The molecule has 6 heteroatoms. The molecular formula is C14H15ClFN3O. The largest absolute Gasteiger partial charge is 0.480 e. The summed E-state index contributed by atoms with van der Waals surface area (Å²) in [5, 5.41) is 3.30. The SMILES string of the molecule is CCNC(c1cccc(F)c1Cl)c1nccnc1OC. The number of hydrogen-bond donors (Lipinski definition) is 1. The van der Waals surface area contributed by atoms with Gasteiger partial charge in [-0.15, -0.1) is 0 Å². The Balaban J connectivity index is 2.53. The first-order valence-corrected chi connectivity index (χ1v) is 6.59. The van der Waals surface area contributed by atoms with E-state index in [1.165, 1.54) is 13.2 Å². The van der Waals surface area contributed by atoms with Gasteiger partial charge in [0.05, 0.1) is 18.2 Å². The van der Waals surface area contributed by atoms with Crippen LogP contribution in [0.2, 0.25) is 5.02 Å². The fourth-order valence-electron chi connectivity index (χ4n) is 1.99. The maximum Gasteiger partial charge on any atom is 0.237 e. The summed E-state index contributed by atoms with van der Waals surface area (Å²) in [7, 11) is 1.52. The Hall–Kier alpha value is -1.72. The second kappa shape index (κ2) is 6.63. The van der Waals surface area contributed by atoms with Crippen LogP contribution in [0.4, 0.5) is 4.39 Å². The zero-order chi connectivity index (χ0) is 14.5. The van der Waals surface area contributed by atoms with E-state index in [0.717, 1.165) is 0 Å². The van der Waals surface area contributed by atoms with Crippen molar-refractivity contribution in [3.8, 4) is 5.88 Å². The van der Waals surface area contributed by atoms with Gasteiger partial charge in [0.15, 0.2) is 0 Å². The highest BCUT2D eigenvalue weighted by Gasteiger charge is 2.23. The number of aromatic nitrogens is 2. The van der Waals surface area contributed by atoms with Crippen molar-refractivity contribution >= 4 is 11.6 Å². The van der Waals surface area contributed by atoms with Gasteiger partial charge in [0, 0.05) is 12.4 Å². The quantitative estimate of drug-likeness (QED) is 0.921. The second-order valence-electron chi connectivity index (χ2n) is 4.08. The topological polar surface area (TPSA) is 47.0 Å². The highest BCUT2D eigenvalue weighted by atomic mass is 35.5. The molecule has 1 aromatic heterocycles. The van der Waals surface area contributed by atoms with Crippen molar-refractivity contribution < 1.29 is 9.13 Å². The molecule has 4 nitrogen and oxygen atoms in total. The van der Waals surface area contributed by atoms with Crippen molar-refractivity contribution in [2.75, 3.05) is 13.7 Å². The van der Waals surface area contributed by atoms with Gasteiger partial charge in [0.25, 0.3) is 0 Å². The van der Waals surface area contributed by atoms with Crippen molar-refractivity contribution in [1.29, 1.82) is 0 Å². The standard InChI is InChI=1S/C14H15ClFN3O/c1-3-17-12(9-5-4-6-10(16)11(9)15)13-14(20-2)19-8-7-18-13/h4-8,12,17H,3H2,1-2H3. The van der Waals surface area contributed by atoms with E-state index in [2.05, 4.69) is 15.3 Å². The van der Waals surface area contributed by atoms with Gasteiger partial charge < -0.3 is 10.1 Å². The highest BCUT2D eigenvalue weighted by molar-refractivity contribution is 6.31. The number of rotatable bonds is 5. The van der Waals surface area contributed by atoms with Gasteiger partial charge in [-0.25, -0.2) is 9.37 Å². The molecule has 2 rings (SSSR count). The van der Waals surface area contributed by atoms with Crippen LogP contribution in [0.3, 0.4) is 0 Å². The predicted octanol–water partition coefficient (Wildman–Crippen LogP) is 2.98. The van der Waals surface area contributed by atoms with E-state index >= 15 is 0 Å². The molecular weight excluding hydrogens is 281 g/mol. The molecule has 0 saturated carbocycles. The van der Waals surface area contributed by atoms with Crippen LogP contribution in [-0.2, 0) is 0 Å². The molecule has 1 N–H and O–H groups in total. The van der Waals surface area contributed by atoms with Gasteiger partial charge in [0.2, 0.25) is 5.88 Å².